The first kappa shape index (κ1) is 15.0. The zero-order valence-electron chi connectivity index (χ0n) is 12.5. The van der Waals surface area contributed by atoms with Crippen LogP contribution in [-0.2, 0) is 0 Å². The Kier molecular flexibility index (Phi) is 4.52. The number of rotatable bonds is 5. The van der Waals surface area contributed by atoms with Crippen molar-refractivity contribution >= 4 is 11.5 Å². The molecule has 0 saturated carbocycles. The van der Waals surface area contributed by atoms with Gasteiger partial charge in [0, 0.05) is 18.2 Å². The average molecular weight is 285 g/mol. The number of hydrogen-bond donors (Lipinski definition) is 1. The van der Waals surface area contributed by atoms with Crippen molar-refractivity contribution in [3.05, 3.63) is 51.6 Å². The van der Waals surface area contributed by atoms with Crippen molar-refractivity contribution in [1.82, 2.24) is 4.98 Å². The third-order valence-electron chi connectivity index (χ3n) is 3.12. The van der Waals surface area contributed by atoms with E-state index in [0.29, 0.717) is 11.5 Å². The molecule has 1 aromatic carbocycles. The number of nitro groups is 1. The van der Waals surface area contributed by atoms with Crippen LogP contribution in [0, 0.1) is 24.0 Å². The lowest BCUT2D eigenvalue weighted by Gasteiger charge is -2.09. The molecule has 5 heteroatoms. The number of benzene rings is 1. The molecule has 2 rings (SSSR count). The van der Waals surface area contributed by atoms with Gasteiger partial charge in [0.1, 0.15) is 5.82 Å². The molecule has 2 aromatic rings. The maximum atomic E-state index is 11.2. The second kappa shape index (κ2) is 6.35. The van der Waals surface area contributed by atoms with E-state index < -0.39 is 0 Å². The van der Waals surface area contributed by atoms with Crippen molar-refractivity contribution in [2.75, 3.05) is 11.9 Å². The van der Waals surface area contributed by atoms with Gasteiger partial charge in [0.05, 0.1) is 4.92 Å². The van der Waals surface area contributed by atoms with E-state index in [1.54, 1.807) is 6.07 Å². The summed E-state index contributed by atoms with van der Waals surface area (Å²) < 4.78 is 0. The number of aryl methyl sites for hydroxylation is 2. The Hall–Kier alpha value is -2.43. The van der Waals surface area contributed by atoms with E-state index >= 15 is 0 Å². The SMILES string of the molecule is CCCNc1ccc([N+](=O)[O-])c(-c2cc(C)cc(C)c2)n1. The van der Waals surface area contributed by atoms with Gasteiger partial charge in [-0.2, -0.15) is 0 Å². The summed E-state index contributed by atoms with van der Waals surface area (Å²) in [5.74, 6) is 0.664. The van der Waals surface area contributed by atoms with Crippen molar-refractivity contribution < 1.29 is 4.92 Å². The highest BCUT2D eigenvalue weighted by atomic mass is 16.6. The van der Waals surface area contributed by atoms with Gasteiger partial charge in [-0.05, 0) is 38.5 Å². The highest BCUT2D eigenvalue weighted by molar-refractivity contribution is 5.72. The molecule has 0 aliphatic rings. The fourth-order valence-electron chi connectivity index (χ4n) is 2.27. The Morgan fingerprint density at radius 2 is 1.86 bits per heavy atom. The molecule has 0 bridgehead atoms. The highest BCUT2D eigenvalue weighted by Crippen LogP contribution is 2.30. The maximum absolute atomic E-state index is 11.2. The minimum Gasteiger partial charge on any atom is -0.370 e. The van der Waals surface area contributed by atoms with Gasteiger partial charge in [-0.3, -0.25) is 10.1 Å². The first-order chi connectivity index (χ1) is 10.0. The molecule has 0 fully saturated rings. The fourth-order valence-corrected chi connectivity index (χ4v) is 2.27. The molecule has 0 aliphatic carbocycles. The molecular formula is C16H19N3O2. The van der Waals surface area contributed by atoms with Crippen LogP contribution >= 0.6 is 0 Å². The second-order valence-corrected chi connectivity index (χ2v) is 5.12. The smallest absolute Gasteiger partial charge is 0.295 e. The lowest BCUT2D eigenvalue weighted by molar-refractivity contribution is -0.384. The molecular weight excluding hydrogens is 266 g/mol. The van der Waals surface area contributed by atoms with Crippen LogP contribution in [0.25, 0.3) is 11.3 Å². The third kappa shape index (κ3) is 3.56. The quantitative estimate of drug-likeness (QED) is 0.663. The topological polar surface area (TPSA) is 68.1 Å². The van der Waals surface area contributed by atoms with Crippen molar-refractivity contribution in [2.45, 2.75) is 27.2 Å². The zero-order chi connectivity index (χ0) is 15.4. The molecule has 0 amide bonds. The van der Waals surface area contributed by atoms with Gasteiger partial charge in [0.2, 0.25) is 0 Å². The van der Waals surface area contributed by atoms with Gasteiger partial charge in [-0.15, -0.1) is 0 Å². The molecule has 21 heavy (non-hydrogen) atoms. The van der Waals surface area contributed by atoms with Gasteiger partial charge >= 0.3 is 0 Å². The van der Waals surface area contributed by atoms with E-state index in [9.17, 15) is 10.1 Å². The molecule has 0 unspecified atom stereocenters. The fraction of sp³-hybridized carbons (Fsp3) is 0.312. The number of hydrogen-bond acceptors (Lipinski definition) is 4. The van der Waals surface area contributed by atoms with Crippen molar-refractivity contribution in [3.8, 4) is 11.3 Å². The van der Waals surface area contributed by atoms with Crippen LogP contribution < -0.4 is 5.32 Å². The molecule has 110 valence electrons. The largest absolute Gasteiger partial charge is 0.370 e. The predicted molar refractivity (Wildman–Crippen MR) is 84.6 cm³/mol. The molecule has 1 N–H and O–H groups in total. The van der Waals surface area contributed by atoms with E-state index in [1.807, 2.05) is 32.0 Å². The minimum absolute atomic E-state index is 0.0297. The summed E-state index contributed by atoms with van der Waals surface area (Å²) in [6.07, 6.45) is 0.970. The van der Waals surface area contributed by atoms with E-state index in [0.717, 1.165) is 29.7 Å². The summed E-state index contributed by atoms with van der Waals surface area (Å²) in [5.41, 5.74) is 3.34. The van der Waals surface area contributed by atoms with Crippen molar-refractivity contribution in [2.24, 2.45) is 0 Å². The zero-order valence-corrected chi connectivity index (χ0v) is 12.5. The summed E-state index contributed by atoms with van der Waals surface area (Å²) in [6, 6.07) is 9.05. The predicted octanol–water partition coefficient (Wildman–Crippen LogP) is 4.10. The van der Waals surface area contributed by atoms with Gasteiger partial charge in [-0.1, -0.05) is 24.1 Å². The Bertz CT molecular complexity index is 648. The number of anilines is 1. The molecule has 0 atom stereocenters. The van der Waals surface area contributed by atoms with Crippen LogP contribution in [0.15, 0.2) is 30.3 Å². The summed E-state index contributed by atoms with van der Waals surface area (Å²) in [7, 11) is 0. The Balaban J connectivity index is 2.54. The normalized spacial score (nSPS) is 10.4. The van der Waals surface area contributed by atoms with E-state index in [1.165, 1.54) is 6.07 Å². The van der Waals surface area contributed by atoms with Crippen LogP contribution in [-0.4, -0.2) is 16.5 Å². The summed E-state index contributed by atoms with van der Waals surface area (Å²) >= 11 is 0. The van der Waals surface area contributed by atoms with Crippen molar-refractivity contribution in [1.29, 1.82) is 0 Å². The Morgan fingerprint density at radius 1 is 1.19 bits per heavy atom. The number of aromatic nitrogens is 1. The van der Waals surface area contributed by atoms with Crippen LogP contribution in [0.4, 0.5) is 11.5 Å². The highest BCUT2D eigenvalue weighted by Gasteiger charge is 2.18. The molecule has 0 saturated heterocycles. The van der Waals surface area contributed by atoms with Gasteiger partial charge in [0.15, 0.2) is 5.69 Å². The lowest BCUT2D eigenvalue weighted by atomic mass is 10.0. The third-order valence-corrected chi connectivity index (χ3v) is 3.12. The van der Waals surface area contributed by atoms with Gasteiger partial charge in [0.25, 0.3) is 5.69 Å². The van der Waals surface area contributed by atoms with Gasteiger partial charge < -0.3 is 5.32 Å². The average Bonchev–Trinajstić information content (AvgIpc) is 2.43. The van der Waals surface area contributed by atoms with Gasteiger partial charge in [-0.25, -0.2) is 4.98 Å². The Labute approximate surface area is 124 Å². The first-order valence-electron chi connectivity index (χ1n) is 6.99. The van der Waals surface area contributed by atoms with Crippen LogP contribution in [0.5, 0.6) is 0 Å². The van der Waals surface area contributed by atoms with Crippen LogP contribution in [0.3, 0.4) is 0 Å². The summed E-state index contributed by atoms with van der Waals surface area (Å²) in [5, 5.41) is 14.4. The van der Waals surface area contributed by atoms with E-state index in [-0.39, 0.29) is 10.6 Å². The molecule has 1 heterocycles. The standard InChI is InChI=1S/C16H19N3O2/c1-4-7-17-15-6-5-14(19(20)21)16(18-15)13-9-11(2)8-12(3)10-13/h5-6,8-10H,4,7H2,1-3H3,(H,17,18). The number of nitrogens with one attached hydrogen (secondary N) is 1. The first-order valence-corrected chi connectivity index (χ1v) is 6.99. The molecule has 0 radical (unpaired) electrons. The molecule has 0 spiro atoms. The molecule has 5 nitrogen and oxygen atoms in total. The molecule has 1 aromatic heterocycles. The van der Waals surface area contributed by atoms with Crippen LogP contribution in [0.1, 0.15) is 24.5 Å². The van der Waals surface area contributed by atoms with Crippen molar-refractivity contribution in [3.63, 3.8) is 0 Å². The van der Waals surface area contributed by atoms with E-state index in [2.05, 4.69) is 17.2 Å². The van der Waals surface area contributed by atoms with Crippen LogP contribution in [0.2, 0.25) is 0 Å². The minimum atomic E-state index is -0.385. The molecule has 0 aliphatic heterocycles. The summed E-state index contributed by atoms with van der Waals surface area (Å²) in [6.45, 7) is 6.79. The summed E-state index contributed by atoms with van der Waals surface area (Å²) in [4.78, 5) is 15.3. The second-order valence-electron chi connectivity index (χ2n) is 5.12. The monoisotopic (exact) mass is 285 g/mol. The Morgan fingerprint density at radius 3 is 2.43 bits per heavy atom. The lowest BCUT2D eigenvalue weighted by Crippen LogP contribution is -2.04. The van der Waals surface area contributed by atoms with E-state index in [4.69, 9.17) is 0 Å². The number of nitrogens with zero attached hydrogens (tertiary/aromatic N) is 2. The maximum Gasteiger partial charge on any atom is 0.295 e. The number of pyridine rings is 1.